The lowest BCUT2D eigenvalue weighted by Crippen LogP contribution is -2.17. The highest BCUT2D eigenvalue weighted by atomic mass is 32.2. The molecule has 0 fully saturated rings. The molecule has 2 aromatic carbocycles. The SMILES string of the molecule is Cc1cccc(C(=O)O)c1NS(=O)(=O)c1cn(-c2ccccc2)nn1. The van der Waals surface area contributed by atoms with E-state index in [4.69, 9.17) is 0 Å². The van der Waals surface area contributed by atoms with Crippen LogP contribution >= 0.6 is 0 Å². The predicted octanol–water partition coefficient (Wildman–Crippen LogP) is 2.07. The van der Waals surface area contributed by atoms with Crippen molar-refractivity contribution < 1.29 is 18.3 Å². The van der Waals surface area contributed by atoms with E-state index in [9.17, 15) is 18.3 Å². The van der Waals surface area contributed by atoms with Crippen LogP contribution < -0.4 is 4.72 Å². The first-order valence-corrected chi connectivity index (χ1v) is 8.70. The number of anilines is 1. The molecule has 0 aliphatic heterocycles. The zero-order valence-corrected chi connectivity index (χ0v) is 13.9. The van der Waals surface area contributed by atoms with Gasteiger partial charge in [-0.15, -0.1) is 5.10 Å². The Morgan fingerprint density at radius 3 is 2.52 bits per heavy atom. The van der Waals surface area contributed by atoms with Gasteiger partial charge in [0, 0.05) is 0 Å². The number of hydrogen-bond acceptors (Lipinski definition) is 5. The van der Waals surface area contributed by atoms with Gasteiger partial charge in [0.05, 0.1) is 23.1 Å². The monoisotopic (exact) mass is 358 g/mol. The lowest BCUT2D eigenvalue weighted by atomic mass is 10.1. The molecular weight excluding hydrogens is 344 g/mol. The minimum Gasteiger partial charge on any atom is -0.478 e. The number of carboxylic acids is 1. The second-order valence-electron chi connectivity index (χ2n) is 5.25. The first-order chi connectivity index (χ1) is 11.9. The smallest absolute Gasteiger partial charge is 0.337 e. The van der Waals surface area contributed by atoms with Gasteiger partial charge in [-0.25, -0.2) is 9.48 Å². The van der Waals surface area contributed by atoms with Crippen molar-refractivity contribution in [2.45, 2.75) is 11.9 Å². The first kappa shape index (κ1) is 16.7. The molecule has 1 aromatic heterocycles. The van der Waals surface area contributed by atoms with Crippen molar-refractivity contribution in [2.24, 2.45) is 0 Å². The van der Waals surface area contributed by atoms with Crippen LogP contribution in [0.25, 0.3) is 5.69 Å². The van der Waals surface area contributed by atoms with Gasteiger partial charge in [0.1, 0.15) is 0 Å². The van der Waals surface area contributed by atoms with Crippen LogP contribution in [0.4, 0.5) is 5.69 Å². The van der Waals surface area contributed by atoms with Crippen molar-refractivity contribution in [1.29, 1.82) is 0 Å². The fraction of sp³-hybridized carbons (Fsp3) is 0.0625. The van der Waals surface area contributed by atoms with E-state index < -0.39 is 16.0 Å². The van der Waals surface area contributed by atoms with Crippen LogP contribution in [0.1, 0.15) is 15.9 Å². The number of benzene rings is 2. The van der Waals surface area contributed by atoms with Gasteiger partial charge in [-0.2, -0.15) is 8.42 Å². The van der Waals surface area contributed by atoms with Crippen LogP contribution in [0.15, 0.2) is 59.8 Å². The van der Waals surface area contributed by atoms with Crippen LogP contribution in [-0.4, -0.2) is 34.5 Å². The van der Waals surface area contributed by atoms with Gasteiger partial charge < -0.3 is 5.11 Å². The molecule has 0 unspecified atom stereocenters. The fourth-order valence-corrected chi connectivity index (χ4v) is 3.27. The number of aromatic nitrogens is 3. The van der Waals surface area contributed by atoms with Crippen molar-refractivity contribution in [3.63, 3.8) is 0 Å². The first-order valence-electron chi connectivity index (χ1n) is 7.22. The molecule has 3 aromatic rings. The Hall–Kier alpha value is -3.20. The lowest BCUT2D eigenvalue weighted by Gasteiger charge is -2.11. The molecule has 0 saturated carbocycles. The molecule has 0 spiro atoms. The summed E-state index contributed by atoms with van der Waals surface area (Å²) in [6, 6.07) is 13.4. The Morgan fingerprint density at radius 1 is 1.12 bits per heavy atom. The number of carbonyl (C=O) groups is 1. The van der Waals surface area contributed by atoms with Gasteiger partial charge in [-0.1, -0.05) is 35.5 Å². The summed E-state index contributed by atoms with van der Waals surface area (Å²) >= 11 is 0. The molecule has 128 valence electrons. The number of para-hydroxylation sites is 2. The summed E-state index contributed by atoms with van der Waals surface area (Å²) in [6.45, 7) is 1.62. The highest BCUT2D eigenvalue weighted by molar-refractivity contribution is 7.92. The van der Waals surface area contributed by atoms with E-state index >= 15 is 0 Å². The minimum absolute atomic E-state index is 0.00395. The molecule has 0 amide bonds. The van der Waals surface area contributed by atoms with E-state index in [0.717, 1.165) is 0 Å². The van der Waals surface area contributed by atoms with E-state index in [-0.39, 0.29) is 16.3 Å². The highest BCUT2D eigenvalue weighted by Gasteiger charge is 2.23. The molecule has 0 aliphatic rings. The molecular formula is C16H14N4O4S. The van der Waals surface area contributed by atoms with Crippen LogP contribution in [0.2, 0.25) is 0 Å². The third-order valence-electron chi connectivity index (χ3n) is 3.51. The number of hydrogen-bond donors (Lipinski definition) is 2. The van der Waals surface area contributed by atoms with Crippen molar-refractivity contribution in [2.75, 3.05) is 4.72 Å². The largest absolute Gasteiger partial charge is 0.478 e. The van der Waals surface area contributed by atoms with Gasteiger partial charge in [0.15, 0.2) is 0 Å². The molecule has 0 atom stereocenters. The third-order valence-corrected chi connectivity index (χ3v) is 4.72. The molecule has 0 saturated heterocycles. The minimum atomic E-state index is -4.09. The summed E-state index contributed by atoms with van der Waals surface area (Å²) in [5.74, 6) is -1.23. The Bertz CT molecular complexity index is 1030. The van der Waals surface area contributed by atoms with E-state index in [0.29, 0.717) is 11.3 Å². The quantitative estimate of drug-likeness (QED) is 0.722. The zero-order chi connectivity index (χ0) is 18.0. The van der Waals surface area contributed by atoms with Gasteiger partial charge >= 0.3 is 5.97 Å². The third kappa shape index (κ3) is 3.36. The summed E-state index contributed by atoms with van der Waals surface area (Å²) < 4.78 is 28.7. The molecule has 2 N–H and O–H groups in total. The van der Waals surface area contributed by atoms with Crippen molar-refractivity contribution in [1.82, 2.24) is 15.0 Å². The average molecular weight is 358 g/mol. The molecule has 0 aliphatic carbocycles. The van der Waals surface area contributed by atoms with Crippen molar-refractivity contribution >= 4 is 21.7 Å². The van der Waals surface area contributed by atoms with E-state index in [1.54, 1.807) is 43.3 Å². The lowest BCUT2D eigenvalue weighted by molar-refractivity contribution is 0.0698. The van der Waals surface area contributed by atoms with Gasteiger partial charge in [-0.05, 0) is 30.7 Å². The number of sulfonamides is 1. The maximum absolute atomic E-state index is 12.6. The predicted molar refractivity (Wildman–Crippen MR) is 90.3 cm³/mol. The maximum Gasteiger partial charge on any atom is 0.337 e. The summed E-state index contributed by atoms with van der Waals surface area (Å²) in [4.78, 5) is 11.3. The molecule has 8 nitrogen and oxygen atoms in total. The van der Waals surface area contributed by atoms with Crippen LogP contribution in [0.3, 0.4) is 0 Å². The van der Waals surface area contributed by atoms with Gasteiger partial charge in [-0.3, -0.25) is 4.72 Å². The topological polar surface area (TPSA) is 114 Å². The molecule has 0 bridgehead atoms. The van der Waals surface area contributed by atoms with Crippen LogP contribution in [0, 0.1) is 6.92 Å². The Morgan fingerprint density at radius 2 is 1.84 bits per heavy atom. The molecule has 9 heteroatoms. The number of aromatic carboxylic acids is 1. The van der Waals surface area contributed by atoms with Crippen LogP contribution in [-0.2, 0) is 10.0 Å². The van der Waals surface area contributed by atoms with Crippen molar-refractivity contribution in [3.05, 3.63) is 65.9 Å². The Kier molecular flexibility index (Phi) is 4.24. The number of aryl methyl sites for hydroxylation is 1. The normalized spacial score (nSPS) is 11.2. The second-order valence-corrected chi connectivity index (χ2v) is 6.87. The number of carboxylic acid groups (broad SMARTS) is 1. The molecule has 0 radical (unpaired) electrons. The van der Waals surface area contributed by atoms with E-state index in [2.05, 4.69) is 15.0 Å². The van der Waals surface area contributed by atoms with E-state index in [1.165, 1.54) is 16.9 Å². The highest BCUT2D eigenvalue weighted by Crippen LogP contribution is 2.23. The summed E-state index contributed by atoms with van der Waals surface area (Å²) in [6.07, 6.45) is 1.26. The number of rotatable bonds is 5. The fourth-order valence-electron chi connectivity index (χ4n) is 2.25. The number of nitrogens with one attached hydrogen (secondary N) is 1. The molecule has 3 rings (SSSR count). The zero-order valence-electron chi connectivity index (χ0n) is 13.1. The average Bonchev–Trinajstić information content (AvgIpc) is 3.08. The molecule has 1 heterocycles. The second kappa shape index (κ2) is 6.36. The summed E-state index contributed by atoms with van der Waals surface area (Å²) in [5, 5.41) is 16.4. The van der Waals surface area contributed by atoms with Gasteiger partial charge in [0.2, 0.25) is 5.03 Å². The molecule has 25 heavy (non-hydrogen) atoms. The Labute approximate surface area is 143 Å². The summed E-state index contributed by atoms with van der Waals surface area (Å²) in [5.41, 5.74) is 1.00. The van der Waals surface area contributed by atoms with E-state index in [1.807, 2.05) is 6.07 Å². The van der Waals surface area contributed by atoms with Crippen LogP contribution in [0.5, 0.6) is 0 Å². The Balaban J connectivity index is 1.97. The summed E-state index contributed by atoms with van der Waals surface area (Å²) in [7, 11) is -4.09. The van der Waals surface area contributed by atoms with Gasteiger partial charge in [0.25, 0.3) is 10.0 Å². The standard InChI is InChI=1S/C16H14N4O4S/c1-11-6-5-9-13(16(21)22)15(11)18-25(23,24)14-10-20(19-17-14)12-7-3-2-4-8-12/h2-10,18H,1H3,(H,21,22). The maximum atomic E-state index is 12.6. The number of nitrogens with zero attached hydrogens (tertiary/aromatic N) is 3. The van der Waals surface area contributed by atoms with Crippen molar-refractivity contribution in [3.8, 4) is 5.69 Å².